The second kappa shape index (κ2) is 2.65. The lowest BCUT2D eigenvalue weighted by molar-refractivity contribution is -0.185. The van der Waals surface area contributed by atoms with Gasteiger partial charge in [0.05, 0.1) is 5.41 Å². The van der Waals surface area contributed by atoms with Crippen LogP contribution in [0.5, 0.6) is 0 Å². The fraction of sp³-hybridized carbons (Fsp3) is 0.750. The summed E-state index contributed by atoms with van der Waals surface area (Å²) in [7, 11) is 0. The number of carbonyl (C=O) groups is 2. The number of carboxylic acids is 1. The highest BCUT2D eigenvalue weighted by Gasteiger charge is 2.67. The highest BCUT2D eigenvalue weighted by Crippen LogP contribution is 2.58. The molecule has 0 aromatic carbocycles. The molecule has 1 N–H and O–H groups in total. The van der Waals surface area contributed by atoms with Crippen molar-refractivity contribution < 1.29 is 27.9 Å². The summed E-state index contributed by atoms with van der Waals surface area (Å²) in [6, 6.07) is 0. The van der Waals surface area contributed by atoms with Gasteiger partial charge in [-0.1, -0.05) is 0 Å². The van der Waals surface area contributed by atoms with Crippen LogP contribution in [0.3, 0.4) is 0 Å². The Bertz CT molecular complexity index is 341. The Morgan fingerprint density at radius 1 is 1.40 bits per heavy atom. The molecule has 7 heteroatoms. The van der Waals surface area contributed by atoms with Crippen LogP contribution in [0.15, 0.2) is 0 Å². The molecule has 4 nitrogen and oxygen atoms in total. The average Bonchev–Trinajstić information content (AvgIpc) is 2.67. The van der Waals surface area contributed by atoms with E-state index in [0.717, 1.165) is 0 Å². The number of nitrogens with zero attached hydrogens (tertiary/aromatic N) is 1. The van der Waals surface area contributed by atoms with Gasteiger partial charge in [0.15, 0.2) is 0 Å². The minimum absolute atomic E-state index is 0.0926. The Kier molecular flexibility index (Phi) is 1.81. The van der Waals surface area contributed by atoms with E-state index in [1.807, 2.05) is 0 Å². The van der Waals surface area contributed by atoms with E-state index in [2.05, 4.69) is 0 Å². The second-order valence-corrected chi connectivity index (χ2v) is 4.05. The largest absolute Gasteiger partial charge is 0.481 e. The normalized spacial score (nSPS) is 33.8. The Hall–Kier alpha value is -1.27. The zero-order chi connectivity index (χ0) is 11.4. The van der Waals surface area contributed by atoms with Crippen molar-refractivity contribution in [2.24, 2.45) is 11.3 Å². The summed E-state index contributed by atoms with van der Waals surface area (Å²) in [5, 5.41) is 8.80. The van der Waals surface area contributed by atoms with Crippen LogP contribution in [0.1, 0.15) is 6.42 Å². The molecule has 0 aromatic heterocycles. The maximum absolute atomic E-state index is 12.0. The molecule has 15 heavy (non-hydrogen) atoms. The molecule has 2 fully saturated rings. The SMILES string of the molecule is O=C(N1C[C@@H]2C[C@@]2(C(=O)O)C1)C(F)(F)F. The van der Waals surface area contributed by atoms with Crippen LogP contribution in [0.25, 0.3) is 0 Å². The molecule has 0 spiro atoms. The molecule has 0 bridgehead atoms. The third-order valence-corrected chi connectivity index (χ3v) is 3.10. The molecule has 1 amide bonds. The summed E-state index contributed by atoms with van der Waals surface area (Å²) in [5.41, 5.74) is -1.10. The quantitative estimate of drug-likeness (QED) is 0.703. The van der Waals surface area contributed by atoms with E-state index in [9.17, 15) is 22.8 Å². The van der Waals surface area contributed by atoms with Gasteiger partial charge in [0.2, 0.25) is 0 Å². The number of rotatable bonds is 1. The van der Waals surface area contributed by atoms with Crippen molar-refractivity contribution in [1.29, 1.82) is 0 Å². The Morgan fingerprint density at radius 2 is 2.00 bits per heavy atom. The Labute approximate surface area is 82.7 Å². The number of hydrogen-bond donors (Lipinski definition) is 1. The molecule has 1 saturated carbocycles. The molecule has 2 rings (SSSR count). The molecule has 0 unspecified atom stereocenters. The molecule has 0 radical (unpaired) electrons. The molecular weight excluding hydrogens is 215 g/mol. The third-order valence-electron chi connectivity index (χ3n) is 3.10. The van der Waals surface area contributed by atoms with E-state index >= 15 is 0 Å². The first kappa shape index (κ1) is 10.3. The van der Waals surface area contributed by atoms with Crippen LogP contribution in [0.2, 0.25) is 0 Å². The van der Waals surface area contributed by atoms with E-state index in [-0.39, 0.29) is 19.0 Å². The smallest absolute Gasteiger partial charge is 0.471 e. The molecule has 0 aromatic rings. The van der Waals surface area contributed by atoms with Crippen molar-refractivity contribution in [3.05, 3.63) is 0 Å². The van der Waals surface area contributed by atoms with Gasteiger partial charge < -0.3 is 10.0 Å². The summed E-state index contributed by atoms with van der Waals surface area (Å²) in [6.45, 7) is -0.407. The highest BCUT2D eigenvalue weighted by molar-refractivity contribution is 5.86. The van der Waals surface area contributed by atoms with Crippen LogP contribution < -0.4 is 0 Å². The summed E-state index contributed by atoms with van der Waals surface area (Å²) in [4.78, 5) is 22.2. The van der Waals surface area contributed by atoms with Crippen molar-refractivity contribution in [2.75, 3.05) is 13.1 Å². The predicted molar refractivity (Wildman–Crippen MR) is 40.8 cm³/mol. The van der Waals surface area contributed by atoms with Crippen molar-refractivity contribution in [2.45, 2.75) is 12.6 Å². The predicted octanol–water partition coefficient (Wildman–Crippen LogP) is 0.482. The monoisotopic (exact) mass is 223 g/mol. The van der Waals surface area contributed by atoms with Crippen LogP contribution in [-0.2, 0) is 9.59 Å². The molecule has 1 aliphatic heterocycles. The van der Waals surface area contributed by atoms with Gasteiger partial charge in [0.1, 0.15) is 0 Å². The molecule has 1 heterocycles. The lowest BCUT2D eigenvalue weighted by atomic mass is 10.1. The summed E-state index contributed by atoms with van der Waals surface area (Å²) in [5.74, 6) is -3.35. The van der Waals surface area contributed by atoms with Gasteiger partial charge in [0, 0.05) is 13.1 Å². The topological polar surface area (TPSA) is 57.6 Å². The van der Waals surface area contributed by atoms with Crippen LogP contribution in [0, 0.1) is 11.3 Å². The summed E-state index contributed by atoms with van der Waals surface area (Å²) >= 11 is 0. The van der Waals surface area contributed by atoms with Crippen molar-refractivity contribution >= 4 is 11.9 Å². The number of amides is 1. The Balaban J connectivity index is 2.07. The zero-order valence-electron chi connectivity index (χ0n) is 7.54. The van der Waals surface area contributed by atoms with Gasteiger partial charge in [-0.2, -0.15) is 13.2 Å². The van der Waals surface area contributed by atoms with E-state index in [0.29, 0.717) is 11.3 Å². The van der Waals surface area contributed by atoms with Crippen molar-refractivity contribution in [3.63, 3.8) is 0 Å². The second-order valence-electron chi connectivity index (χ2n) is 4.05. The molecule has 84 valence electrons. The van der Waals surface area contributed by atoms with Crippen molar-refractivity contribution in [3.8, 4) is 0 Å². The highest BCUT2D eigenvalue weighted by atomic mass is 19.4. The van der Waals surface area contributed by atoms with E-state index in [1.54, 1.807) is 0 Å². The number of piperidine rings is 1. The van der Waals surface area contributed by atoms with Gasteiger partial charge in [-0.15, -0.1) is 0 Å². The first-order chi connectivity index (χ1) is 6.77. The molecule has 2 atom stereocenters. The zero-order valence-corrected chi connectivity index (χ0v) is 7.54. The summed E-state index contributed by atoms with van der Waals surface area (Å²) < 4.78 is 36.1. The lowest BCUT2D eigenvalue weighted by Gasteiger charge is -2.20. The molecule has 1 saturated heterocycles. The fourth-order valence-corrected chi connectivity index (χ4v) is 2.15. The summed E-state index contributed by atoms with van der Waals surface area (Å²) in [6.07, 6.45) is -4.53. The number of likely N-dealkylation sites (tertiary alicyclic amines) is 1. The number of hydrogen-bond acceptors (Lipinski definition) is 2. The standard InChI is InChI=1S/C8H8F3NO3/c9-8(10,11)5(13)12-2-4-1-7(4,3-12)6(14)15/h4H,1-3H2,(H,14,15)/t4-,7+/m0/s1. The Morgan fingerprint density at radius 3 is 2.40 bits per heavy atom. The number of fused-ring (bicyclic) bond motifs is 1. The van der Waals surface area contributed by atoms with Gasteiger partial charge in [-0.25, -0.2) is 0 Å². The fourth-order valence-electron chi connectivity index (χ4n) is 2.15. The number of carbonyl (C=O) groups excluding carboxylic acids is 1. The van der Waals surface area contributed by atoms with Gasteiger partial charge >= 0.3 is 18.1 Å². The maximum Gasteiger partial charge on any atom is 0.471 e. The lowest BCUT2D eigenvalue weighted by Crippen LogP contribution is -2.42. The van der Waals surface area contributed by atoms with E-state index in [4.69, 9.17) is 5.11 Å². The number of carboxylic acid groups (broad SMARTS) is 1. The first-order valence-corrected chi connectivity index (χ1v) is 4.37. The minimum Gasteiger partial charge on any atom is -0.481 e. The molecular formula is C8H8F3NO3. The van der Waals surface area contributed by atoms with Gasteiger partial charge in [0.25, 0.3) is 0 Å². The van der Waals surface area contributed by atoms with E-state index in [1.165, 1.54) is 0 Å². The first-order valence-electron chi connectivity index (χ1n) is 4.37. The number of aliphatic carboxylic acids is 1. The van der Waals surface area contributed by atoms with Crippen LogP contribution >= 0.6 is 0 Å². The third kappa shape index (κ3) is 1.37. The van der Waals surface area contributed by atoms with Crippen LogP contribution in [0.4, 0.5) is 13.2 Å². The maximum atomic E-state index is 12.0. The molecule has 1 aliphatic carbocycles. The van der Waals surface area contributed by atoms with Gasteiger partial charge in [-0.05, 0) is 12.3 Å². The van der Waals surface area contributed by atoms with Crippen LogP contribution in [-0.4, -0.2) is 41.1 Å². The average molecular weight is 223 g/mol. The van der Waals surface area contributed by atoms with E-state index < -0.39 is 23.5 Å². The number of alkyl halides is 3. The van der Waals surface area contributed by atoms with Gasteiger partial charge in [-0.3, -0.25) is 9.59 Å². The number of halogens is 3. The van der Waals surface area contributed by atoms with Crippen molar-refractivity contribution in [1.82, 2.24) is 4.90 Å². The minimum atomic E-state index is -4.91. The molecule has 2 aliphatic rings.